The van der Waals surface area contributed by atoms with Gasteiger partial charge in [0.2, 0.25) is 15.9 Å². The Labute approximate surface area is 211 Å². The molecule has 190 valence electrons. The molecule has 0 aliphatic carbocycles. The van der Waals surface area contributed by atoms with Gasteiger partial charge >= 0.3 is 11.9 Å². The molecule has 0 aromatic heterocycles. The van der Waals surface area contributed by atoms with E-state index in [-0.39, 0.29) is 10.8 Å². The van der Waals surface area contributed by atoms with Gasteiger partial charge in [0.05, 0.1) is 12.0 Å². The highest BCUT2D eigenvalue weighted by Crippen LogP contribution is 2.26. The number of hydrogen-bond acceptors (Lipinski definition) is 7. The maximum absolute atomic E-state index is 12.9. The van der Waals surface area contributed by atoms with Crippen molar-refractivity contribution in [3.05, 3.63) is 52.5 Å². The summed E-state index contributed by atoms with van der Waals surface area (Å²) < 4.78 is 33.8. The average molecular weight is 572 g/mol. The van der Waals surface area contributed by atoms with Crippen molar-refractivity contribution in [2.75, 3.05) is 38.6 Å². The lowest BCUT2D eigenvalue weighted by Crippen LogP contribution is -2.48. The normalized spacial score (nSPS) is 14.4. The Kier molecular flexibility index (Phi) is 10.2. The third-order valence-electron chi connectivity index (χ3n) is 4.96. The first kappa shape index (κ1) is 28.2. The maximum Gasteiger partial charge on any atom is 0.414 e. The Morgan fingerprint density at radius 3 is 2.06 bits per heavy atom. The molecule has 0 spiro atoms. The molecule has 0 saturated carbocycles. The predicted octanol–water partition coefficient (Wildman–Crippen LogP) is 2.08. The van der Waals surface area contributed by atoms with Gasteiger partial charge in [-0.2, -0.15) is 4.31 Å². The summed E-state index contributed by atoms with van der Waals surface area (Å²) in [4.78, 5) is 31.8. The van der Waals surface area contributed by atoms with Crippen molar-refractivity contribution < 1.29 is 37.8 Å². The van der Waals surface area contributed by atoms with Gasteiger partial charge in [-0.25, -0.2) is 18.0 Å². The molecule has 1 aliphatic rings. The molecule has 13 heteroatoms. The number of amides is 1. The molecule has 1 amide bonds. The van der Waals surface area contributed by atoms with Crippen LogP contribution in [0.3, 0.4) is 0 Å². The highest BCUT2D eigenvalue weighted by atomic mass is 79.9. The molecule has 0 atom stereocenters. The van der Waals surface area contributed by atoms with Crippen LogP contribution in [0.4, 0.5) is 5.69 Å². The van der Waals surface area contributed by atoms with Gasteiger partial charge in [-0.15, -0.1) is 0 Å². The van der Waals surface area contributed by atoms with Gasteiger partial charge in [0.25, 0.3) is 0 Å². The van der Waals surface area contributed by atoms with Crippen LogP contribution in [0.5, 0.6) is 5.75 Å². The number of carbonyl (C=O) groups excluding carboxylic acids is 1. The molecule has 2 aromatic rings. The summed E-state index contributed by atoms with van der Waals surface area (Å²) in [6.07, 6.45) is 0. The van der Waals surface area contributed by atoms with Gasteiger partial charge < -0.3 is 20.3 Å². The van der Waals surface area contributed by atoms with Crippen LogP contribution in [0, 0.1) is 0 Å². The number of piperazine rings is 1. The smallest absolute Gasteiger partial charge is 0.414 e. The molecule has 0 radical (unpaired) electrons. The highest BCUT2D eigenvalue weighted by Gasteiger charge is 2.28. The van der Waals surface area contributed by atoms with Gasteiger partial charge in [-0.3, -0.25) is 9.69 Å². The van der Waals surface area contributed by atoms with E-state index >= 15 is 0 Å². The zero-order valence-electron chi connectivity index (χ0n) is 19.1. The minimum absolute atomic E-state index is 0.196. The number of carbonyl (C=O) groups is 3. The van der Waals surface area contributed by atoms with E-state index in [0.29, 0.717) is 38.4 Å². The Morgan fingerprint density at radius 2 is 1.57 bits per heavy atom. The lowest BCUT2D eigenvalue weighted by molar-refractivity contribution is -0.159. The number of benzene rings is 2. The van der Waals surface area contributed by atoms with Crippen molar-refractivity contribution in [3.63, 3.8) is 0 Å². The van der Waals surface area contributed by atoms with Gasteiger partial charge in [0.1, 0.15) is 5.75 Å². The quantitative estimate of drug-likeness (QED) is 0.442. The standard InChI is InChI=1S/C20H24BrN3O4S.C2H2O4/c1-15(25)22-18-4-6-19(7-5-18)29(26,27)24-11-9-23(10-12-24)14-16-13-17(21)3-8-20(16)28-2;3-1(4)2(5)6/h3-8,13H,9-12,14H2,1-2H3,(H,22,25);(H,3,4)(H,5,6). The van der Waals surface area contributed by atoms with Crippen molar-refractivity contribution in [2.45, 2.75) is 18.4 Å². The van der Waals surface area contributed by atoms with Crippen LogP contribution in [-0.2, 0) is 31.0 Å². The first-order valence-corrected chi connectivity index (χ1v) is 12.6. The van der Waals surface area contributed by atoms with Crippen molar-refractivity contribution in [2.24, 2.45) is 0 Å². The number of carboxylic acid groups (broad SMARTS) is 2. The zero-order chi connectivity index (χ0) is 26.2. The monoisotopic (exact) mass is 571 g/mol. The summed E-state index contributed by atoms with van der Waals surface area (Å²) in [7, 11) is -1.91. The number of nitrogens with zero attached hydrogens (tertiary/aromatic N) is 2. The number of aliphatic carboxylic acids is 2. The molecule has 1 heterocycles. The van der Waals surface area contributed by atoms with Gasteiger partial charge in [-0.05, 0) is 42.5 Å². The second kappa shape index (κ2) is 12.6. The van der Waals surface area contributed by atoms with Crippen LogP contribution < -0.4 is 10.1 Å². The van der Waals surface area contributed by atoms with Crippen LogP contribution in [-0.4, -0.2) is 79.0 Å². The van der Waals surface area contributed by atoms with Crippen LogP contribution in [0.2, 0.25) is 0 Å². The molecule has 3 rings (SSSR count). The molecule has 0 bridgehead atoms. The van der Waals surface area contributed by atoms with Crippen molar-refractivity contribution in [3.8, 4) is 5.75 Å². The Bertz CT molecular complexity index is 1150. The number of rotatable bonds is 6. The summed E-state index contributed by atoms with van der Waals surface area (Å²) in [6, 6.07) is 12.1. The molecule has 1 fully saturated rings. The number of ether oxygens (including phenoxy) is 1. The fourth-order valence-corrected chi connectivity index (χ4v) is 5.13. The van der Waals surface area contributed by atoms with E-state index in [4.69, 9.17) is 24.5 Å². The Morgan fingerprint density at radius 1 is 1.00 bits per heavy atom. The van der Waals surface area contributed by atoms with Crippen LogP contribution in [0.15, 0.2) is 51.8 Å². The van der Waals surface area contributed by atoms with E-state index in [0.717, 1.165) is 15.8 Å². The van der Waals surface area contributed by atoms with E-state index < -0.39 is 22.0 Å². The number of anilines is 1. The summed E-state index contributed by atoms with van der Waals surface area (Å²) in [5, 5.41) is 17.4. The molecule has 11 nitrogen and oxygen atoms in total. The first-order chi connectivity index (χ1) is 16.4. The first-order valence-electron chi connectivity index (χ1n) is 10.3. The summed E-state index contributed by atoms with van der Waals surface area (Å²) in [6.45, 7) is 4.23. The molecule has 1 aliphatic heterocycles. The van der Waals surface area contributed by atoms with Crippen LogP contribution in [0.25, 0.3) is 0 Å². The van der Waals surface area contributed by atoms with Crippen molar-refractivity contribution in [1.82, 2.24) is 9.21 Å². The second-order valence-corrected chi connectivity index (χ2v) is 10.3. The lowest BCUT2D eigenvalue weighted by Gasteiger charge is -2.34. The lowest BCUT2D eigenvalue weighted by atomic mass is 10.2. The molecular weight excluding hydrogens is 546 g/mol. The predicted molar refractivity (Wildman–Crippen MR) is 131 cm³/mol. The van der Waals surface area contributed by atoms with E-state index in [1.165, 1.54) is 23.4 Å². The summed E-state index contributed by atoms with van der Waals surface area (Å²) in [5.41, 5.74) is 1.64. The second-order valence-electron chi connectivity index (χ2n) is 7.45. The maximum atomic E-state index is 12.9. The van der Waals surface area contributed by atoms with Gasteiger partial charge in [0, 0.05) is 55.4 Å². The molecule has 35 heavy (non-hydrogen) atoms. The topological polar surface area (TPSA) is 154 Å². The molecule has 2 aromatic carbocycles. The minimum Gasteiger partial charge on any atom is -0.496 e. The molecular formula is C22H26BrN3O8S. The third kappa shape index (κ3) is 8.31. The fourth-order valence-electron chi connectivity index (χ4n) is 3.30. The third-order valence-corrected chi connectivity index (χ3v) is 7.37. The number of sulfonamides is 1. The summed E-state index contributed by atoms with van der Waals surface area (Å²) in [5.74, 6) is -3.02. The van der Waals surface area contributed by atoms with Crippen molar-refractivity contribution >= 4 is 49.5 Å². The number of halogens is 1. The molecule has 0 unspecified atom stereocenters. The SMILES string of the molecule is COc1ccc(Br)cc1CN1CCN(S(=O)(=O)c2ccc(NC(C)=O)cc2)CC1.O=C(O)C(=O)O. The van der Waals surface area contributed by atoms with Crippen LogP contribution in [0.1, 0.15) is 12.5 Å². The minimum atomic E-state index is -3.56. The van der Waals surface area contributed by atoms with Crippen molar-refractivity contribution in [1.29, 1.82) is 0 Å². The van der Waals surface area contributed by atoms with E-state index in [1.807, 2.05) is 18.2 Å². The van der Waals surface area contributed by atoms with Gasteiger partial charge in [-0.1, -0.05) is 15.9 Å². The van der Waals surface area contributed by atoms with E-state index in [9.17, 15) is 13.2 Å². The fraction of sp³-hybridized carbons (Fsp3) is 0.318. The Balaban J connectivity index is 0.000000641. The number of hydrogen-bond donors (Lipinski definition) is 3. The van der Waals surface area contributed by atoms with Gasteiger partial charge in [0.15, 0.2) is 0 Å². The average Bonchev–Trinajstić information content (AvgIpc) is 2.80. The molecule has 1 saturated heterocycles. The Hall–Kier alpha value is -3.00. The molecule has 3 N–H and O–H groups in total. The summed E-state index contributed by atoms with van der Waals surface area (Å²) >= 11 is 3.49. The van der Waals surface area contributed by atoms with E-state index in [1.54, 1.807) is 19.2 Å². The number of methoxy groups -OCH3 is 1. The van der Waals surface area contributed by atoms with E-state index in [2.05, 4.69) is 26.1 Å². The largest absolute Gasteiger partial charge is 0.496 e. The van der Waals surface area contributed by atoms with Crippen LogP contribution >= 0.6 is 15.9 Å². The number of carboxylic acids is 2. The highest BCUT2D eigenvalue weighted by molar-refractivity contribution is 9.10. The zero-order valence-corrected chi connectivity index (χ0v) is 21.5. The number of nitrogens with one attached hydrogen (secondary N) is 1.